The van der Waals surface area contributed by atoms with E-state index in [0.717, 1.165) is 19.6 Å². The van der Waals surface area contributed by atoms with Gasteiger partial charge in [-0.1, -0.05) is 26.1 Å². The SMILES string of the molecule is CCN(CCC(=O)NC)CC(C)C(N)=S. The topological polar surface area (TPSA) is 58.4 Å². The highest BCUT2D eigenvalue weighted by Gasteiger charge is 2.11. The maximum atomic E-state index is 11.1. The summed E-state index contributed by atoms with van der Waals surface area (Å²) >= 11 is 4.91. The first-order valence-electron chi connectivity index (χ1n) is 5.23. The van der Waals surface area contributed by atoms with Crippen molar-refractivity contribution in [3.63, 3.8) is 0 Å². The van der Waals surface area contributed by atoms with Crippen LogP contribution in [0, 0.1) is 5.92 Å². The Kier molecular flexibility index (Phi) is 7.25. The predicted octanol–water partition coefficient (Wildman–Crippen LogP) is 0.367. The van der Waals surface area contributed by atoms with Crippen molar-refractivity contribution in [1.29, 1.82) is 0 Å². The van der Waals surface area contributed by atoms with E-state index in [2.05, 4.69) is 17.1 Å². The molecule has 1 atom stereocenters. The third kappa shape index (κ3) is 6.41. The monoisotopic (exact) mass is 231 g/mol. The Bertz CT molecular complexity index is 221. The number of amides is 1. The fourth-order valence-corrected chi connectivity index (χ4v) is 1.31. The van der Waals surface area contributed by atoms with Crippen molar-refractivity contribution in [3.8, 4) is 0 Å². The van der Waals surface area contributed by atoms with E-state index in [4.69, 9.17) is 18.0 Å². The summed E-state index contributed by atoms with van der Waals surface area (Å²) in [7, 11) is 1.65. The van der Waals surface area contributed by atoms with E-state index in [9.17, 15) is 4.79 Å². The Morgan fingerprint density at radius 1 is 1.60 bits per heavy atom. The smallest absolute Gasteiger partial charge is 0.221 e. The minimum absolute atomic E-state index is 0.0661. The van der Waals surface area contributed by atoms with E-state index in [1.807, 2.05) is 6.92 Å². The summed E-state index contributed by atoms with van der Waals surface area (Å²) in [6, 6.07) is 0. The molecule has 0 bridgehead atoms. The van der Waals surface area contributed by atoms with Crippen molar-refractivity contribution in [2.24, 2.45) is 11.7 Å². The van der Waals surface area contributed by atoms with Gasteiger partial charge in [-0.2, -0.15) is 0 Å². The molecule has 5 heteroatoms. The molecule has 15 heavy (non-hydrogen) atoms. The molecule has 0 saturated heterocycles. The van der Waals surface area contributed by atoms with Crippen LogP contribution in [0.1, 0.15) is 20.3 Å². The van der Waals surface area contributed by atoms with Gasteiger partial charge in [-0.3, -0.25) is 4.79 Å². The summed E-state index contributed by atoms with van der Waals surface area (Å²) in [5.74, 6) is 0.265. The lowest BCUT2D eigenvalue weighted by Gasteiger charge is -2.23. The lowest BCUT2D eigenvalue weighted by molar-refractivity contribution is -0.120. The molecule has 0 heterocycles. The van der Waals surface area contributed by atoms with Crippen molar-refractivity contribution >= 4 is 23.1 Å². The normalized spacial score (nSPS) is 12.5. The zero-order valence-corrected chi connectivity index (χ0v) is 10.6. The molecule has 0 aliphatic heterocycles. The molecule has 88 valence electrons. The van der Waals surface area contributed by atoms with Crippen LogP contribution < -0.4 is 11.1 Å². The zero-order chi connectivity index (χ0) is 11.8. The molecule has 0 aromatic carbocycles. The summed E-state index contributed by atoms with van der Waals surface area (Å²) < 4.78 is 0. The molecule has 0 aromatic heterocycles. The predicted molar refractivity (Wildman–Crippen MR) is 66.7 cm³/mol. The van der Waals surface area contributed by atoms with Crippen molar-refractivity contribution in [3.05, 3.63) is 0 Å². The minimum Gasteiger partial charge on any atom is -0.393 e. The Morgan fingerprint density at radius 2 is 2.20 bits per heavy atom. The second-order valence-corrected chi connectivity index (χ2v) is 4.09. The number of thiocarbonyl (C=S) groups is 1. The summed E-state index contributed by atoms with van der Waals surface area (Å²) in [6.45, 7) is 6.55. The van der Waals surface area contributed by atoms with Crippen LogP contribution in [-0.2, 0) is 4.79 Å². The molecule has 0 spiro atoms. The molecule has 0 rings (SSSR count). The van der Waals surface area contributed by atoms with Gasteiger partial charge in [-0.25, -0.2) is 0 Å². The number of hydrogen-bond donors (Lipinski definition) is 2. The third-order valence-electron chi connectivity index (χ3n) is 2.40. The number of hydrogen-bond acceptors (Lipinski definition) is 3. The molecular weight excluding hydrogens is 210 g/mol. The summed E-state index contributed by atoms with van der Waals surface area (Å²) in [5, 5.41) is 2.60. The molecule has 1 amide bonds. The second kappa shape index (κ2) is 7.59. The maximum Gasteiger partial charge on any atom is 0.221 e. The van der Waals surface area contributed by atoms with Crippen LogP contribution in [0.2, 0.25) is 0 Å². The van der Waals surface area contributed by atoms with Crippen LogP contribution in [0.4, 0.5) is 0 Å². The molecule has 0 aliphatic carbocycles. The van der Waals surface area contributed by atoms with E-state index in [1.165, 1.54) is 0 Å². The minimum atomic E-state index is 0.0661. The van der Waals surface area contributed by atoms with Crippen LogP contribution >= 0.6 is 12.2 Å². The molecule has 4 nitrogen and oxygen atoms in total. The number of nitrogens with one attached hydrogen (secondary N) is 1. The van der Waals surface area contributed by atoms with Gasteiger partial charge in [0.15, 0.2) is 0 Å². The van der Waals surface area contributed by atoms with Gasteiger partial charge in [0.1, 0.15) is 0 Å². The van der Waals surface area contributed by atoms with Crippen molar-refractivity contribution in [1.82, 2.24) is 10.2 Å². The van der Waals surface area contributed by atoms with E-state index in [1.54, 1.807) is 7.05 Å². The number of rotatable bonds is 7. The number of nitrogens with zero attached hydrogens (tertiary/aromatic N) is 1. The summed E-state index contributed by atoms with van der Waals surface area (Å²) in [4.78, 5) is 13.8. The van der Waals surface area contributed by atoms with E-state index in [-0.39, 0.29) is 11.8 Å². The first-order chi connectivity index (χ1) is 7.01. The van der Waals surface area contributed by atoms with Gasteiger partial charge in [0.05, 0.1) is 4.99 Å². The van der Waals surface area contributed by atoms with E-state index >= 15 is 0 Å². The van der Waals surface area contributed by atoms with Gasteiger partial charge >= 0.3 is 0 Å². The molecule has 0 aromatic rings. The second-order valence-electron chi connectivity index (χ2n) is 3.62. The molecular formula is C10H21N3OS. The Hall–Kier alpha value is -0.680. The fraction of sp³-hybridized carbons (Fsp3) is 0.800. The maximum absolute atomic E-state index is 11.1. The number of carbonyl (C=O) groups excluding carboxylic acids is 1. The average Bonchev–Trinajstić information content (AvgIpc) is 2.22. The van der Waals surface area contributed by atoms with E-state index in [0.29, 0.717) is 11.4 Å². The Morgan fingerprint density at radius 3 is 2.60 bits per heavy atom. The summed E-state index contributed by atoms with van der Waals surface area (Å²) in [6.07, 6.45) is 0.522. The standard InChI is InChI=1S/C10H21N3OS/c1-4-13(6-5-9(14)12-3)7-8(2)10(11)15/h8H,4-7H2,1-3H3,(H2,11,15)(H,12,14). The molecule has 3 N–H and O–H groups in total. The van der Waals surface area contributed by atoms with Gasteiger partial charge in [0, 0.05) is 32.5 Å². The van der Waals surface area contributed by atoms with Gasteiger partial charge < -0.3 is 16.0 Å². The molecule has 0 fully saturated rings. The summed E-state index contributed by atoms with van der Waals surface area (Å²) in [5.41, 5.74) is 5.55. The molecule has 0 aliphatic rings. The Labute approximate surface area is 97.2 Å². The van der Waals surface area contributed by atoms with Crippen LogP contribution in [-0.4, -0.2) is 42.5 Å². The first-order valence-corrected chi connectivity index (χ1v) is 5.64. The van der Waals surface area contributed by atoms with Crippen LogP contribution in [0.25, 0.3) is 0 Å². The molecule has 0 radical (unpaired) electrons. The van der Waals surface area contributed by atoms with Gasteiger partial charge in [0.2, 0.25) is 5.91 Å². The zero-order valence-electron chi connectivity index (χ0n) is 9.75. The van der Waals surface area contributed by atoms with Crippen molar-refractivity contribution in [2.45, 2.75) is 20.3 Å². The van der Waals surface area contributed by atoms with Crippen molar-refractivity contribution in [2.75, 3.05) is 26.7 Å². The van der Waals surface area contributed by atoms with Gasteiger partial charge in [-0.15, -0.1) is 0 Å². The highest BCUT2D eigenvalue weighted by molar-refractivity contribution is 7.80. The first kappa shape index (κ1) is 14.3. The lowest BCUT2D eigenvalue weighted by Crippen LogP contribution is -2.36. The number of nitrogens with two attached hydrogens (primary N) is 1. The van der Waals surface area contributed by atoms with Crippen LogP contribution in [0.15, 0.2) is 0 Å². The highest BCUT2D eigenvalue weighted by Crippen LogP contribution is 2.01. The largest absolute Gasteiger partial charge is 0.393 e. The number of carbonyl (C=O) groups is 1. The van der Waals surface area contributed by atoms with Gasteiger partial charge in [-0.05, 0) is 6.54 Å². The molecule has 1 unspecified atom stereocenters. The van der Waals surface area contributed by atoms with Crippen LogP contribution in [0.3, 0.4) is 0 Å². The fourth-order valence-electron chi connectivity index (χ4n) is 1.24. The highest BCUT2D eigenvalue weighted by atomic mass is 32.1. The Balaban J connectivity index is 3.92. The van der Waals surface area contributed by atoms with Crippen LogP contribution in [0.5, 0.6) is 0 Å². The molecule has 0 saturated carbocycles. The van der Waals surface area contributed by atoms with Gasteiger partial charge in [0.25, 0.3) is 0 Å². The quantitative estimate of drug-likeness (QED) is 0.621. The van der Waals surface area contributed by atoms with Crippen molar-refractivity contribution < 1.29 is 4.79 Å². The van der Waals surface area contributed by atoms with E-state index < -0.39 is 0 Å². The third-order valence-corrected chi connectivity index (χ3v) is 2.80. The average molecular weight is 231 g/mol. The lowest BCUT2D eigenvalue weighted by atomic mass is 10.1.